The van der Waals surface area contributed by atoms with Crippen LogP contribution >= 0.6 is 0 Å². The number of pyridine rings is 1. The normalized spacial score (nSPS) is 13.7. The summed E-state index contributed by atoms with van der Waals surface area (Å²) in [6.45, 7) is 0. The second-order valence-corrected chi connectivity index (χ2v) is 6.50. The summed E-state index contributed by atoms with van der Waals surface area (Å²) in [4.78, 5) is 17.8. The van der Waals surface area contributed by atoms with Crippen LogP contribution in [0.1, 0.15) is 17.2 Å². The molecule has 0 fully saturated rings. The average molecular weight is 339 g/mol. The van der Waals surface area contributed by atoms with Gasteiger partial charge in [-0.2, -0.15) is 0 Å². The van der Waals surface area contributed by atoms with Crippen LogP contribution in [0.2, 0.25) is 0 Å². The molecule has 1 aromatic carbocycles. The molecule has 0 bridgehead atoms. The maximum atomic E-state index is 4.56. The molecule has 3 aromatic heterocycles. The van der Waals surface area contributed by atoms with Crippen LogP contribution in [-0.2, 0) is 12.8 Å². The minimum atomic E-state index is 0.389. The SMILES string of the molecule is c1ccc(-c2ncc(-c3nccn3C3Cc4ccccc4C3)cn2)nc1. The van der Waals surface area contributed by atoms with Crippen LogP contribution in [0.4, 0.5) is 0 Å². The minimum absolute atomic E-state index is 0.389. The summed E-state index contributed by atoms with van der Waals surface area (Å²) in [5, 5.41) is 0. The largest absolute Gasteiger partial charge is 0.327 e. The maximum absolute atomic E-state index is 4.56. The van der Waals surface area contributed by atoms with Crippen molar-refractivity contribution < 1.29 is 0 Å². The van der Waals surface area contributed by atoms with E-state index in [9.17, 15) is 0 Å². The second kappa shape index (κ2) is 6.19. The lowest BCUT2D eigenvalue weighted by molar-refractivity contribution is 0.534. The van der Waals surface area contributed by atoms with Crippen molar-refractivity contribution in [2.75, 3.05) is 0 Å². The molecular formula is C21H17N5. The van der Waals surface area contributed by atoms with Crippen LogP contribution in [0.5, 0.6) is 0 Å². The molecule has 3 heterocycles. The van der Waals surface area contributed by atoms with Crippen LogP contribution in [-0.4, -0.2) is 24.5 Å². The van der Waals surface area contributed by atoms with Gasteiger partial charge in [0.25, 0.3) is 0 Å². The zero-order chi connectivity index (χ0) is 17.3. The first-order chi connectivity index (χ1) is 12.9. The molecule has 4 aromatic rings. The van der Waals surface area contributed by atoms with E-state index < -0.39 is 0 Å². The van der Waals surface area contributed by atoms with Gasteiger partial charge in [0.05, 0.1) is 5.56 Å². The van der Waals surface area contributed by atoms with Crippen LogP contribution in [0.25, 0.3) is 22.9 Å². The highest BCUT2D eigenvalue weighted by atomic mass is 15.1. The number of hydrogen-bond acceptors (Lipinski definition) is 4. The molecule has 5 heteroatoms. The van der Waals surface area contributed by atoms with E-state index >= 15 is 0 Å². The molecule has 0 radical (unpaired) electrons. The summed E-state index contributed by atoms with van der Waals surface area (Å²) in [6.07, 6.45) is 11.4. The smallest absolute Gasteiger partial charge is 0.178 e. The third-order valence-corrected chi connectivity index (χ3v) is 4.90. The quantitative estimate of drug-likeness (QED) is 0.570. The summed E-state index contributed by atoms with van der Waals surface area (Å²) >= 11 is 0. The molecular weight excluding hydrogens is 322 g/mol. The molecule has 0 amide bonds. The van der Waals surface area contributed by atoms with Gasteiger partial charge < -0.3 is 4.57 Å². The van der Waals surface area contributed by atoms with Gasteiger partial charge in [-0.05, 0) is 36.1 Å². The molecule has 126 valence electrons. The highest BCUT2D eigenvalue weighted by Gasteiger charge is 2.24. The van der Waals surface area contributed by atoms with Crippen molar-refractivity contribution in [1.82, 2.24) is 24.5 Å². The van der Waals surface area contributed by atoms with Gasteiger partial charge in [-0.3, -0.25) is 4.98 Å². The summed E-state index contributed by atoms with van der Waals surface area (Å²) in [6, 6.07) is 14.8. The molecule has 0 unspecified atom stereocenters. The Balaban J connectivity index is 1.45. The van der Waals surface area contributed by atoms with Crippen molar-refractivity contribution in [3.8, 4) is 22.9 Å². The van der Waals surface area contributed by atoms with Crippen molar-refractivity contribution in [3.63, 3.8) is 0 Å². The first-order valence-corrected chi connectivity index (χ1v) is 8.72. The van der Waals surface area contributed by atoms with Gasteiger partial charge in [0.2, 0.25) is 0 Å². The zero-order valence-corrected chi connectivity index (χ0v) is 14.2. The summed E-state index contributed by atoms with van der Waals surface area (Å²) < 4.78 is 2.25. The van der Waals surface area contributed by atoms with Gasteiger partial charge in [-0.25, -0.2) is 15.0 Å². The highest BCUT2D eigenvalue weighted by Crippen LogP contribution is 2.32. The number of imidazole rings is 1. The van der Waals surface area contributed by atoms with E-state index in [0.29, 0.717) is 11.9 Å². The summed E-state index contributed by atoms with van der Waals surface area (Å²) in [7, 11) is 0. The van der Waals surface area contributed by atoms with E-state index in [4.69, 9.17) is 0 Å². The Bertz CT molecular complexity index is 1010. The van der Waals surface area contributed by atoms with Crippen molar-refractivity contribution in [2.45, 2.75) is 18.9 Å². The van der Waals surface area contributed by atoms with Gasteiger partial charge >= 0.3 is 0 Å². The number of aromatic nitrogens is 5. The monoisotopic (exact) mass is 339 g/mol. The molecule has 5 nitrogen and oxygen atoms in total. The van der Waals surface area contributed by atoms with E-state index in [1.807, 2.05) is 36.8 Å². The maximum Gasteiger partial charge on any atom is 0.178 e. The average Bonchev–Trinajstić information content (AvgIpc) is 3.35. The molecule has 0 spiro atoms. The lowest BCUT2D eigenvalue weighted by Crippen LogP contribution is -2.10. The first kappa shape index (κ1) is 15.0. The van der Waals surface area contributed by atoms with Crippen molar-refractivity contribution in [3.05, 3.63) is 84.6 Å². The van der Waals surface area contributed by atoms with Gasteiger partial charge in [-0.15, -0.1) is 0 Å². The molecule has 0 atom stereocenters. The van der Waals surface area contributed by atoms with Gasteiger partial charge in [0.1, 0.15) is 11.5 Å². The zero-order valence-electron chi connectivity index (χ0n) is 14.2. The summed E-state index contributed by atoms with van der Waals surface area (Å²) in [5.41, 5.74) is 4.55. The molecule has 0 saturated heterocycles. The van der Waals surface area contributed by atoms with Crippen LogP contribution in [0.15, 0.2) is 73.4 Å². The lowest BCUT2D eigenvalue weighted by Gasteiger charge is -2.15. The summed E-state index contributed by atoms with van der Waals surface area (Å²) in [5.74, 6) is 1.54. The number of benzene rings is 1. The second-order valence-electron chi connectivity index (χ2n) is 6.50. The number of rotatable bonds is 3. The molecule has 0 N–H and O–H groups in total. The van der Waals surface area contributed by atoms with Crippen molar-refractivity contribution in [2.24, 2.45) is 0 Å². The fourth-order valence-corrected chi connectivity index (χ4v) is 3.63. The van der Waals surface area contributed by atoms with Crippen LogP contribution < -0.4 is 0 Å². The predicted octanol–water partition coefficient (Wildman–Crippen LogP) is 3.74. The fourth-order valence-electron chi connectivity index (χ4n) is 3.63. The Morgan fingerprint density at radius 2 is 1.50 bits per heavy atom. The van der Waals surface area contributed by atoms with E-state index in [2.05, 4.69) is 55.0 Å². The van der Waals surface area contributed by atoms with Crippen LogP contribution in [0, 0.1) is 0 Å². The lowest BCUT2D eigenvalue weighted by atomic mass is 10.1. The van der Waals surface area contributed by atoms with Gasteiger partial charge in [0.15, 0.2) is 5.82 Å². The Hall–Kier alpha value is -3.34. The first-order valence-electron chi connectivity index (χ1n) is 8.72. The standard InChI is InChI=1S/C21H17N5/c1-2-6-16-12-18(11-15(16)5-1)26-10-9-23-21(26)17-13-24-20(25-14-17)19-7-3-4-8-22-19/h1-10,13-14,18H,11-12H2. The molecule has 0 saturated carbocycles. The van der Waals surface area contributed by atoms with Crippen LogP contribution in [0.3, 0.4) is 0 Å². The molecule has 26 heavy (non-hydrogen) atoms. The Morgan fingerprint density at radius 3 is 2.19 bits per heavy atom. The fraction of sp³-hybridized carbons (Fsp3) is 0.143. The number of hydrogen-bond donors (Lipinski definition) is 0. The minimum Gasteiger partial charge on any atom is -0.327 e. The van der Waals surface area contributed by atoms with E-state index in [1.54, 1.807) is 6.20 Å². The highest BCUT2D eigenvalue weighted by molar-refractivity contribution is 5.56. The molecule has 5 rings (SSSR count). The van der Waals surface area contributed by atoms with Gasteiger partial charge in [-0.1, -0.05) is 30.3 Å². The van der Waals surface area contributed by atoms with E-state index in [-0.39, 0.29) is 0 Å². The van der Waals surface area contributed by atoms with E-state index in [1.165, 1.54) is 11.1 Å². The number of fused-ring (bicyclic) bond motifs is 1. The van der Waals surface area contributed by atoms with E-state index in [0.717, 1.165) is 29.9 Å². The third-order valence-electron chi connectivity index (χ3n) is 4.90. The molecule has 1 aliphatic rings. The van der Waals surface area contributed by atoms with Crippen molar-refractivity contribution in [1.29, 1.82) is 0 Å². The third kappa shape index (κ3) is 2.58. The Labute approximate surface area is 151 Å². The Morgan fingerprint density at radius 1 is 0.769 bits per heavy atom. The topological polar surface area (TPSA) is 56.5 Å². The number of nitrogens with zero attached hydrogens (tertiary/aromatic N) is 5. The van der Waals surface area contributed by atoms with Gasteiger partial charge in [0, 0.05) is 37.0 Å². The Kier molecular flexibility index (Phi) is 3.56. The predicted molar refractivity (Wildman–Crippen MR) is 99.4 cm³/mol. The van der Waals surface area contributed by atoms with Crippen molar-refractivity contribution >= 4 is 0 Å². The molecule has 0 aliphatic heterocycles. The molecule has 1 aliphatic carbocycles.